The molecule has 1 aliphatic rings. The zero-order valence-corrected chi connectivity index (χ0v) is 19.0. The highest BCUT2D eigenvalue weighted by Crippen LogP contribution is 2.24. The summed E-state index contributed by atoms with van der Waals surface area (Å²) in [5.74, 6) is 1.40. The van der Waals surface area contributed by atoms with E-state index in [0.717, 1.165) is 21.3 Å². The number of aliphatic imine (C=N–C) groups is 1. The van der Waals surface area contributed by atoms with E-state index in [9.17, 15) is 4.79 Å². The van der Waals surface area contributed by atoms with E-state index in [1.165, 1.54) is 11.3 Å². The number of thiazole rings is 1. The fraction of sp³-hybridized carbons (Fsp3) is 0.500. The Bertz CT molecular complexity index is 919. The van der Waals surface area contributed by atoms with Crippen molar-refractivity contribution in [2.24, 2.45) is 4.99 Å². The van der Waals surface area contributed by atoms with Gasteiger partial charge in [0.05, 0.1) is 12.6 Å². The van der Waals surface area contributed by atoms with Gasteiger partial charge in [0.25, 0.3) is 0 Å². The minimum atomic E-state index is -0.508. The monoisotopic (exact) mass is 447 g/mol. The van der Waals surface area contributed by atoms with Crippen molar-refractivity contribution in [3.8, 4) is 0 Å². The normalized spacial score (nSPS) is 17.6. The Hall–Kier alpha value is -2.92. The Balaban J connectivity index is 1.54. The number of aromatic nitrogens is 2. The number of hydrogen-bond donors (Lipinski definition) is 4. The summed E-state index contributed by atoms with van der Waals surface area (Å²) in [4.78, 5) is 26.0. The number of carbonyl (C=O) groups is 1. The van der Waals surface area contributed by atoms with Crippen LogP contribution in [0.4, 0.5) is 9.93 Å². The molecule has 4 N–H and O–H groups in total. The number of methoxy groups -OCH3 is 1. The summed E-state index contributed by atoms with van der Waals surface area (Å²) in [5.41, 5.74) is 0.343. The highest BCUT2D eigenvalue weighted by molar-refractivity contribution is 7.21. The van der Waals surface area contributed by atoms with Crippen LogP contribution in [-0.2, 0) is 9.47 Å². The highest BCUT2D eigenvalue weighted by atomic mass is 32.1. The molecule has 1 aliphatic heterocycles. The summed E-state index contributed by atoms with van der Waals surface area (Å²) in [6.45, 7) is 7.00. The molecule has 31 heavy (non-hydrogen) atoms. The molecule has 0 saturated heterocycles. The van der Waals surface area contributed by atoms with Crippen LogP contribution in [0.2, 0.25) is 0 Å². The lowest BCUT2D eigenvalue weighted by Gasteiger charge is -2.26. The van der Waals surface area contributed by atoms with Crippen LogP contribution in [-0.4, -0.2) is 60.5 Å². The van der Waals surface area contributed by atoms with Crippen molar-refractivity contribution in [1.82, 2.24) is 25.9 Å². The summed E-state index contributed by atoms with van der Waals surface area (Å²) in [6, 6.07) is 3.75. The number of guanidine groups is 1. The summed E-state index contributed by atoms with van der Waals surface area (Å²) < 4.78 is 10.5. The predicted molar refractivity (Wildman–Crippen MR) is 122 cm³/mol. The van der Waals surface area contributed by atoms with Crippen molar-refractivity contribution in [2.75, 3.05) is 32.1 Å². The van der Waals surface area contributed by atoms with Gasteiger partial charge in [-0.05, 0) is 45.4 Å². The molecule has 3 heterocycles. The number of anilines is 1. The largest absolute Gasteiger partial charge is 0.444 e. The van der Waals surface area contributed by atoms with Crippen LogP contribution in [0, 0.1) is 0 Å². The fourth-order valence-corrected chi connectivity index (χ4v) is 3.58. The molecule has 0 aliphatic carbocycles. The number of carbonyl (C=O) groups excluding carboxylic acids is 1. The molecule has 0 bridgehead atoms. The van der Waals surface area contributed by atoms with Gasteiger partial charge in [0, 0.05) is 26.4 Å². The molecular weight excluding hydrogens is 418 g/mol. The van der Waals surface area contributed by atoms with Crippen LogP contribution in [0.15, 0.2) is 35.2 Å². The third-order valence-electron chi connectivity index (χ3n) is 3.97. The average Bonchev–Trinajstić information content (AvgIpc) is 3.08. The van der Waals surface area contributed by atoms with Crippen molar-refractivity contribution in [1.29, 1.82) is 0 Å². The van der Waals surface area contributed by atoms with E-state index in [1.807, 2.05) is 39.0 Å². The van der Waals surface area contributed by atoms with Gasteiger partial charge in [0.15, 0.2) is 11.1 Å². The van der Waals surface area contributed by atoms with E-state index in [1.54, 1.807) is 13.3 Å². The van der Waals surface area contributed by atoms with Crippen molar-refractivity contribution in [3.05, 3.63) is 30.2 Å². The van der Waals surface area contributed by atoms with Gasteiger partial charge in [-0.2, -0.15) is 0 Å². The molecule has 0 aromatic carbocycles. The Kier molecular flexibility index (Phi) is 7.64. The summed E-state index contributed by atoms with van der Waals surface area (Å²) in [7, 11) is 1.66. The van der Waals surface area contributed by atoms with Gasteiger partial charge in [-0.15, -0.1) is 0 Å². The number of pyridine rings is 1. The SMILES string of the molecule is COCC1C=C(Nc2nc3cccnc3s2)NC(=NCCCNC(=O)OC(C)(C)C)N1. The number of nitrogens with one attached hydrogen (secondary N) is 4. The Morgan fingerprint density at radius 2 is 2.23 bits per heavy atom. The number of amides is 1. The van der Waals surface area contributed by atoms with Crippen LogP contribution >= 0.6 is 11.3 Å². The minimum Gasteiger partial charge on any atom is -0.444 e. The van der Waals surface area contributed by atoms with Gasteiger partial charge in [0.1, 0.15) is 21.8 Å². The Labute approximate surface area is 185 Å². The maximum absolute atomic E-state index is 11.7. The smallest absolute Gasteiger partial charge is 0.407 e. The second kappa shape index (κ2) is 10.4. The lowest BCUT2D eigenvalue weighted by molar-refractivity contribution is 0.0527. The zero-order valence-electron chi connectivity index (χ0n) is 18.2. The maximum Gasteiger partial charge on any atom is 0.407 e. The van der Waals surface area contributed by atoms with E-state index in [4.69, 9.17) is 9.47 Å². The predicted octanol–water partition coefficient (Wildman–Crippen LogP) is 2.42. The van der Waals surface area contributed by atoms with E-state index in [0.29, 0.717) is 32.1 Å². The molecule has 168 valence electrons. The maximum atomic E-state index is 11.7. The quantitative estimate of drug-likeness (QED) is 0.455. The summed E-state index contributed by atoms with van der Waals surface area (Å²) >= 11 is 1.48. The van der Waals surface area contributed by atoms with Crippen LogP contribution < -0.4 is 21.3 Å². The van der Waals surface area contributed by atoms with Gasteiger partial charge in [-0.1, -0.05) is 11.3 Å². The molecule has 1 unspecified atom stereocenters. The molecule has 0 spiro atoms. The standard InChI is InChI=1S/C20H29N7O3S/c1-20(2,3)30-19(28)23-10-6-9-22-17-24-13(12-29-4)11-15(26-17)27-18-25-14-7-5-8-21-16(14)31-18/h5,7-8,11,13H,6,9-10,12H2,1-4H3,(H,23,28)(H,25,27)(H2,22,24,26). The zero-order chi connectivity index (χ0) is 22.3. The fourth-order valence-electron chi connectivity index (χ4n) is 2.76. The number of hydrogen-bond acceptors (Lipinski definition) is 8. The molecule has 1 atom stereocenters. The molecule has 10 nitrogen and oxygen atoms in total. The first-order valence-corrected chi connectivity index (χ1v) is 10.9. The van der Waals surface area contributed by atoms with Gasteiger partial charge in [-0.3, -0.25) is 4.99 Å². The number of rotatable bonds is 8. The molecule has 1 amide bonds. The first-order valence-electron chi connectivity index (χ1n) is 10.1. The minimum absolute atomic E-state index is 0.0418. The molecule has 0 saturated carbocycles. The number of fused-ring (bicyclic) bond motifs is 1. The number of alkyl carbamates (subject to hydrolysis) is 1. The molecule has 2 aromatic rings. The number of nitrogens with zero attached hydrogens (tertiary/aromatic N) is 3. The van der Waals surface area contributed by atoms with Gasteiger partial charge in [-0.25, -0.2) is 14.8 Å². The third-order valence-corrected chi connectivity index (χ3v) is 4.86. The van der Waals surface area contributed by atoms with Crippen molar-refractivity contribution in [2.45, 2.75) is 38.8 Å². The van der Waals surface area contributed by atoms with E-state index >= 15 is 0 Å². The Morgan fingerprint density at radius 1 is 1.39 bits per heavy atom. The van der Waals surface area contributed by atoms with E-state index in [2.05, 4.69) is 36.2 Å². The van der Waals surface area contributed by atoms with Gasteiger partial charge < -0.3 is 30.7 Å². The topological polar surface area (TPSA) is 122 Å². The second-order valence-electron chi connectivity index (χ2n) is 7.90. The van der Waals surface area contributed by atoms with Gasteiger partial charge >= 0.3 is 6.09 Å². The van der Waals surface area contributed by atoms with Crippen molar-refractivity contribution < 1.29 is 14.3 Å². The molecular formula is C20H29N7O3S. The average molecular weight is 448 g/mol. The van der Waals surface area contributed by atoms with E-state index < -0.39 is 11.7 Å². The second-order valence-corrected chi connectivity index (χ2v) is 8.87. The first kappa shape index (κ1) is 22.8. The van der Waals surface area contributed by atoms with Crippen molar-refractivity contribution >= 4 is 38.9 Å². The molecule has 0 fully saturated rings. The summed E-state index contributed by atoms with van der Waals surface area (Å²) in [6.07, 6.45) is 4.00. The lowest BCUT2D eigenvalue weighted by atomic mass is 10.2. The van der Waals surface area contributed by atoms with E-state index in [-0.39, 0.29) is 6.04 Å². The third kappa shape index (κ3) is 7.37. The van der Waals surface area contributed by atoms with Gasteiger partial charge in [0.2, 0.25) is 0 Å². The Morgan fingerprint density at radius 3 is 2.97 bits per heavy atom. The lowest BCUT2D eigenvalue weighted by Crippen LogP contribution is -2.50. The molecule has 0 radical (unpaired) electrons. The number of ether oxygens (including phenoxy) is 2. The highest BCUT2D eigenvalue weighted by Gasteiger charge is 2.18. The van der Waals surface area contributed by atoms with Crippen LogP contribution in [0.25, 0.3) is 10.3 Å². The summed E-state index contributed by atoms with van der Waals surface area (Å²) in [5, 5.41) is 13.3. The molecule has 11 heteroatoms. The molecule has 2 aromatic heterocycles. The van der Waals surface area contributed by atoms with Crippen LogP contribution in [0.3, 0.4) is 0 Å². The van der Waals surface area contributed by atoms with Crippen molar-refractivity contribution in [3.63, 3.8) is 0 Å². The molecule has 3 rings (SSSR count). The van der Waals surface area contributed by atoms with Crippen LogP contribution in [0.5, 0.6) is 0 Å². The first-order chi connectivity index (χ1) is 14.8. The van der Waals surface area contributed by atoms with Crippen LogP contribution in [0.1, 0.15) is 27.2 Å².